The molecule has 0 bridgehead atoms. The fraction of sp³-hybridized carbons (Fsp3) is 0.462. The number of fused-ring (bicyclic) bond motifs is 1. The second-order valence-electron chi connectivity index (χ2n) is 4.27. The van der Waals surface area contributed by atoms with Crippen molar-refractivity contribution in [3.63, 3.8) is 0 Å². The van der Waals surface area contributed by atoms with Gasteiger partial charge in [-0.1, -0.05) is 0 Å². The number of nitrogens with zero attached hydrogens (tertiary/aromatic N) is 1. The van der Waals surface area contributed by atoms with Gasteiger partial charge in [-0.25, -0.2) is 0 Å². The van der Waals surface area contributed by atoms with Crippen LogP contribution in [0.4, 0.5) is 0 Å². The lowest BCUT2D eigenvalue weighted by Crippen LogP contribution is -2.42. The summed E-state index contributed by atoms with van der Waals surface area (Å²) < 4.78 is 22.1. The summed E-state index contributed by atoms with van der Waals surface area (Å²) in [5.41, 5.74) is 0. The molecule has 19 heavy (non-hydrogen) atoms. The molecule has 1 N–H and O–H groups in total. The predicted octanol–water partition coefficient (Wildman–Crippen LogP) is 0.845. The Morgan fingerprint density at radius 1 is 1.21 bits per heavy atom. The van der Waals surface area contributed by atoms with Crippen LogP contribution in [-0.4, -0.2) is 45.9 Å². The fourth-order valence-electron chi connectivity index (χ4n) is 2.17. The first-order valence-electron chi connectivity index (χ1n) is 6.15. The van der Waals surface area contributed by atoms with Crippen LogP contribution in [-0.2, 0) is 0 Å². The Hall–Kier alpha value is -2.11. The topological polar surface area (TPSA) is 61.3 Å². The molecule has 0 fully saturated rings. The Labute approximate surface area is 111 Å². The monoisotopic (exact) mass is 264 g/mol. The molecule has 2 heterocycles. The van der Waals surface area contributed by atoms with Gasteiger partial charge >= 0.3 is 0 Å². The number of methoxy groups -OCH3 is 2. The number of ether oxygens (including phenoxy) is 4. The Kier molecular flexibility index (Phi) is 3.06. The smallest absolute Gasteiger partial charge is 0.189 e. The molecule has 0 amide bonds. The lowest BCUT2D eigenvalue weighted by atomic mass is 10.2. The van der Waals surface area contributed by atoms with Crippen molar-refractivity contribution in [1.29, 1.82) is 0 Å². The van der Waals surface area contributed by atoms with Crippen molar-refractivity contribution in [3.8, 4) is 23.0 Å². The summed E-state index contributed by atoms with van der Waals surface area (Å²) in [7, 11) is 3.18. The van der Waals surface area contributed by atoms with Crippen LogP contribution in [0.5, 0.6) is 23.0 Å². The average Bonchev–Trinajstić information content (AvgIpc) is 2.99. The lowest BCUT2D eigenvalue weighted by Gasteiger charge is -2.27. The Bertz CT molecular complexity index is 516. The van der Waals surface area contributed by atoms with E-state index in [-0.39, 0.29) is 6.10 Å². The van der Waals surface area contributed by atoms with Crippen molar-refractivity contribution in [2.75, 3.05) is 33.9 Å². The molecule has 1 aromatic carbocycles. The first kappa shape index (κ1) is 12.0. The number of hydrogen-bond acceptors (Lipinski definition) is 6. The lowest BCUT2D eigenvalue weighted by molar-refractivity contribution is 0.132. The van der Waals surface area contributed by atoms with Gasteiger partial charge in [-0.15, -0.1) is 0 Å². The first-order chi connectivity index (χ1) is 9.31. The molecule has 6 heteroatoms. The van der Waals surface area contributed by atoms with Gasteiger partial charge in [0.05, 0.1) is 20.8 Å². The van der Waals surface area contributed by atoms with Crippen LogP contribution >= 0.6 is 0 Å². The standard InChI is InChI=1S/C13H16N2O4/c1-16-8-5-10-11(6-9(8)17-2)19-12(7-18-10)13-14-3-4-15-13/h5-6,12H,3-4,7H2,1-2H3,(H,14,15). The normalized spacial score (nSPS) is 20.5. The molecule has 0 aliphatic carbocycles. The number of amidine groups is 1. The highest BCUT2D eigenvalue weighted by atomic mass is 16.6. The molecule has 0 aromatic heterocycles. The maximum Gasteiger partial charge on any atom is 0.189 e. The second-order valence-corrected chi connectivity index (χ2v) is 4.27. The van der Waals surface area contributed by atoms with Gasteiger partial charge in [0.2, 0.25) is 0 Å². The molecule has 0 saturated heterocycles. The zero-order valence-corrected chi connectivity index (χ0v) is 10.9. The average molecular weight is 264 g/mol. The summed E-state index contributed by atoms with van der Waals surface area (Å²) in [5, 5.41) is 3.20. The van der Waals surface area contributed by atoms with Gasteiger partial charge in [0.1, 0.15) is 12.4 Å². The van der Waals surface area contributed by atoms with Crippen LogP contribution in [0.1, 0.15) is 0 Å². The molecule has 0 spiro atoms. The van der Waals surface area contributed by atoms with E-state index in [0.717, 1.165) is 18.9 Å². The third-order valence-electron chi connectivity index (χ3n) is 3.11. The van der Waals surface area contributed by atoms with Gasteiger partial charge in [-0.3, -0.25) is 4.99 Å². The predicted molar refractivity (Wildman–Crippen MR) is 69.8 cm³/mol. The fourth-order valence-corrected chi connectivity index (χ4v) is 2.17. The van der Waals surface area contributed by atoms with Gasteiger partial charge < -0.3 is 24.3 Å². The van der Waals surface area contributed by atoms with E-state index in [4.69, 9.17) is 18.9 Å². The largest absolute Gasteiger partial charge is 0.493 e. The Morgan fingerprint density at radius 3 is 2.58 bits per heavy atom. The molecule has 6 nitrogen and oxygen atoms in total. The summed E-state index contributed by atoms with van der Waals surface area (Å²) in [4.78, 5) is 4.35. The van der Waals surface area contributed by atoms with Gasteiger partial charge in [0.25, 0.3) is 0 Å². The maximum absolute atomic E-state index is 5.90. The van der Waals surface area contributed by atoms with E-state index >= 15 is 0 Å². The minimum absolute atomic E-state index is 0.187. The van der Waals surface area contributed by atoms with Gasteiger partial charge in [-0.05, 0) is 0 Å². The van der Waals surface area contributed by atoms with E-state index in [1.54, 1.807) is 26.4 Å². The molecule has 102 valence electrons. The van der Waals surface area contributed by atoms with Crippen molar-refractivity contribution in [2.24, 2.45) is 4.99 Å². The van der Waals surface area contributed by atoms with Crippen molar-refractivity contribution in [3.05, 3.63) is 12.1 Å². The summed E-state index contributed by atoms with van der Waals surface area (Å²) in [5.74, 6) is 3.39. The van der Waals surface area contributed by atoms with Crippen LogP contribution in [0.3, 0.4) is 0 Å². The molecule has 2 aliphatic rings. The van der Waals surface area contributed by atoms with E-state index in [9.17, 15) is 0 Å². The highest BCUT2D eigenvalue weighted by Gasteiger charge is 2.28. The summed E-state index contributed by atoms with van der Waals surface area (Å²) in [6.07, 6.45) is -0.187. The van der Waals surface area contributed by atoms with Gasteiger partial charge in [0.15, 0.2) is 29.1 Å². The van der Waals surface area contributed by atoms with Crippen molar-refractivity contribution in [1.82, 2.24) is 5.32 Å². The van der Waals surface area contributed by atoms with Crippen LogP contribution < -0.4 is 24.3 Å². The molecule has 2 aliphatic heterocycles. The minimum atomic E-state index is -0.187. The molecular weight excluding hydrogens is 248 g/mol. The van der Waals surface area contributed by atoms with Crippen LogP contribution in [0.2, 0.25) is 0 Å². The molecule has 1 atom stereocenters. The maximum atomic E-state index is 5.90. The van der Waals surface area contributed by atoms with Crippen molar-refractivity contribution >= 4 is 5.84 Å². The van der Waals surface area contributed by atoms with Gasteiger partial charge in [0, 0.05) is 18.7 Å². The molecule has 1 aromatic rings. The Morgan fingerprint density at radius 2 is 1.95 bits per heavy atom. The van der Waals surface area contributed by atoms with E-state index in [1.165, 1.54) is 0 Å². The van der Waals surface area contributed by atoms with E-state index < -0.39 is 0 Å². The molecule has 0 radical (unpaired) electrons. The van der Waals surface area contributed by atoms with E-state index in [2.05, 4.69) is 10.3 Å². The summed E-state index contributed by atoms with van der Waals surface area (Å²) in [6, 6.07) is 3.55. The Balaban J connectivity index is 1.87. The number of rotatable bonds is 3. The summed E-state index contributed by atoms with van der Waals surface area (Å²) >= 11 is 0. The SMILES string of the molecule is COc1cc2c(cc1OC)OC(C1=NCCN1)CO2. The molecular formula is C13H16N2O4. The minimum Gasteiger partial charge on any atom is -0.493 e. The number of aliphatic imine (C=N–C) groups is 1. The second kappa shape index (κ2) is 4.87. The zero-order chi connectivity index (χ0) is 13.2. The zero-order valence-electron chi connectivity index (χ0n) is 10.9. The molecule has 3 rings (SSSR count). The van der Waals surface area contributed by atoms with Crippen LogP contribution in [0.15, 0.2) is 17.1 Å². The number of nitrogens with one attached hydrogen (secondary N) is 1. The van der Waals surface area contributed by atoms with Gasteiger partial charge in [-0.2, -0.15) is 0 Å². The van der Waals surface area contributed by atoms with E-state index in [1.807, 2.05) is 0 Å². The van der Waals surface area contributed by atoms with Crippen molar-refractivity contribution in [2.45, 2.75) is 6.10 Å². The van der Waals surface area contributed by atoms with E-state index in [0.29, 0.717) is 29.6 Å². The van der Waals surface area contributed by atoms with Crippen LogP contribution in [0, 0.1) is 0 Å². The molecule has 0 saturated carbocycles. The van der Waals surface area contributed by atoms with Crippen molar-refractivity contribution < 1.29 is 18.9 Å². The highest BCUT2D eigenvalue weighted by Crippen LogP contribution is 2.41. The molecule has 1 unspecified atom stereocenters. The highest BCUT2D eigenvalue weighted by molar-refractivity contribution is 5.88. The first-order valence-corrected chi connectivity index (χ1v) is 6.15. The third-order valence-corrected chi connectivity index (χ3v) is 3.11. The number of benzene rings is 1. The summed E-state index contributed by atoms with van der Waals surface area (Å²) in [6.45, 7) is 2.08. The number of hydrogen-bond donors (Lipinski definition) is 1. The quantitative estimate of drug-likeness (QED) is 0.876. The van der Waals surface area contributed by atoms with Crippen LogP contribution in [0.25, 0.3) is 0 Å². The third kappa shape index (κ3) is 2.14.